The number of thiophene rings is 1. The summed E-state index contributed by atoms with van der Waals surface area (Å²) in [6, 6.07) is 3.71. The molecule has 0 aromatic carbocycles. The van der Waals surface area contributed by atoms with Crippen molar-refractivity contribution in [1.29, 1.82) is 0 Å². The number of carbonyl (C=O) groups is 1. The number of Topliss-reactive ketones (excluding diaryl/α,β-unsaturated/α-hetero) is 1. The van der Waals surface area contributed by atoms with Gasteiger partial charge in [0, 0.05) is 6.21 Å². The predicted molar refractivity (Wildman–Crippen MR) is 58.5 cm³/mol. The number of rotatable bonds is 3. The Balaban J connectivity index is 2.86. The third-order valence-corrected chi connectivity index (χ3v) is 2.37. The summed E-state index contributed by atoms with van der Waals surface area (Å²) in [5.41, 5.74) is 0.249. The number of carbonyl (C=O) groups excluding carboxylic acids is 1. The average molecular weight is 209 g/mol. The third kappa shape index (κ3) is 2.81. The highest BCUT2D eigenvalue weighted by Crippen LogP contribution is 2.18. The van der Waals surface area contributed by atoms with Gasteiger partial charge < -0.3 is 5.11 Å². The predicted octanol–water partition coefficient (Wildman–Crippen LogP) is 2.87. The molecule has 1 rings (SSSR count). The number of nitrogens with zero attached hydrogens (tertiary/aromatic N) is 1. The van der Waals surface area contributed by atoms with Crippen LogP contribution in [-0.2, 0) is 4.79 Å². The highest BCUT2D eigenvalue weighted by molar-refractivity contribution is 7.13. The van der Waals surface area contributed by atoms with Crippen LogP contribution >= 0.6 is 11.3 Å². The van der Waals surface area contributed by atoms with E-state index in [0.29, 0.717) is 0 Å². The van der Waals surface area contributed by atoms with Crippen LogP contribution in [0.25, 0.3) is 0 Å². The Morgan fingerprint density at radius 2 is 2.29 bits per heavy atom. The minimum Gasteiger partial charge on any atom is -0.512 e. The quantitative estimate of drug-likeness (QED) is 0.472. The first-order chi connectivity index (χ1) is 6.61. The molecule has 0 fully saturated rings. The summed E-state index contributed by atoms with van der Waals surface area (Å²) >= 11 is 1.47. The van der Waals surface area contributed by atoms with E-state index in [1.807, 2.05) is 17.5 Å². The lowest BCUT2D eigenvalue weighted by atomic mass is 10.2. The van der Waals surface area contributed by atoms with Gasteiger partial charge in [0.2, 0.25) is 0 Å². The molecule has 3 nitrogen and oxygen atoms in total. The molecule has 0 saturated carbocycles. The molecular formula is C10H11NO2S. The van der Waals surface area contributed by atoms with E-state index in [4.69, 9.17) is 0 Å². The summed E-state index contributed by atoms with van der Waals surface area (Å²) in [4.78, 5) is 15.1. The fourth-order valence-electron chi connectivity index (χ4n) is 0.911. The van der Waals surface area contributed by atoms with Crippen molar-refractivity contribution in [3.05, 3.63) is 28.8 Å². The van der Waals surface area contributed by atoms with Gasteiger partial charge in [0.05, 0.1) is 5.57 Å². The highest BCUT2D eigenvalue weighted by atomic mass is 32.1. The maximum atomic E-state index is 11.0. The van der Waals surface area contributed by atoms with Crippen LogP contribution in [0.15, 0.2) is 33.8 Å². The van der Waals surface area contributed by atoms with Gasteiger partial charge in [-0.3, -0.25) is 4.79 Å². The minimum absolute atomic E-state index is 0.00203. The van der Waals surface area contributed by atoms with Gasteiger partial charge >= 0.3 is 0 Å². The lowest BCUT2D eigenvalue weighted by Crippen LogP contribution is -2.00. The van der Waals surface area contributed by atoms with Gasteiger partial charge in [0.25, 0.3) is 0 Å². The first-order valence-corrected chi connectivity index (χ1v) is 4.97. The molecule has 0 spiro atoms. The zero-order chi connectivity index (χ0) is 10.6. The molecule has 0 unspecified atom stereocenters. The van der Waals surface area contributed by atoms with Crippen molar-refractivity contribution in [2.24, 2.45) is 4.99 Å². The van der Waals surface area contributed by atoms with Crippen LogP contribution in [-0.4, -0.2) is 17.1 Å². The van der Waals surface area contributed by atoms with Gasteiger partial charge in [-0.05, 0) is 31.4 Å². The maximum Gasteiger partial charge on any atom is 0.164 e. The number of aliphatic imine (C=N–C) groups is 1. The first-order valence-electron chi connectivity index (χ1n) is 4.09. The molecule has 0 amide bonds. The number of allylic oxidation sites excluding steroid dienone is 2. The number of aliphatic hydroxyl groups is 1. The fourth-order valence-corrected chi connectivity index (χ4v) is 1.48. The van der Waals surface area contributed by atoms with E-state index < -0.39 is 0 Å². The molecule has 0 aliphatic heterocycles. The monoisotopic (exact) mass is 209 g/mol. The zero-order valence-corrected chi connectivity index (χ0v) is 8.84. The summed E-state index contributed by atoms with van der Waals surface area (Å²) < 4.78 is 0. The van der Waals surface area contributed by atoms with Crippen molar-refractivity contribution in [2.75, 3.05) is 0 Å². The summed E-state index contributed by atoms with van der Waals surface area (Å²) in [5.74, 6) is -0.192. The van der Waals surface area contributed by atoms with E-state index in [9.17, 15) is 9.90 Å². The second-order valence-electron chi connectivity index (χ2n) is 2.76. The van der Waals surface area contributed by atoms with E-state index in [0.717, 1.165) is 5.00 Å². The SMILES string of the molecule is CC(=O)C(/C=N\c1cccs1)=C(\C)O. The number of aliphatic hydroxyl groups excluding tert-OH is 1. The van der Waals surface area contributed by atoms with E-state index in [1.54, 1.807) is 0 Å². The van der Waals surface area contributed by atoms with Crippen LogP contribution in [0.1, 0.15) is 13.8 Å². The van der Waals surface area contributed by atoms with Crippen LogP contribution in [0.2, 0.25) is 0 Å². The van der Waals surface area contributed by atoms with Crippen LogP contribution in [0.3, 0.4) is 0 Å². The number of hydrogen-bond acceptors (Lipinski definition) is 4. The van der Waals surface area contributed by atoms with Crippen molar-refractivity contribution >= 4 is 28.3 Å². The highest BCUT2D eigenvalue weighted by Gasteiger charge is 2.04. The third-order valence-electron chi connectivity index (χ3n) is 1.60. The average Bonchev–Trinajstić information content (AvgIpc) is 2.55. The molecule has 0 aliphatic rings. The van der Waals surface area contributed by atoms with Crippen molar-refractivity contribution in [3.63, 3.8) is 0 Å². The molecule has 14 heavy (non-hydrogen) atoms. The van der Waals surface area contributed by atoms with E-state index >= 15 is 0 Å². The summed E-state index contributed by atoms with van der Waals surface area (Å²) in [6.07, 6.45) is 1.39. The number of ketones is 1. The van der Waals surface area contributed by atoms with Crippen molar-refractivity contribution < 1.29 is 9.90 Å². The minimum atomic E-state index is -0.190. The summed E-state index contributed by atoms with van der Waals surface area (Å²) in [6.45, 7) is 2.87. The largest absolute Gasteiger partial charge is 0.512 e. The van der Waals surface area contributed by atoms with Gasteiger partial charge in [0.1, 0.15) is 10.8 Å². The van der Waals surface area contributed by atoms with E-state index in [2.05, 4.69) is 4.99 Å². The second-order valence-corrected chi connectivity index (χ2v) is 3.69. The smallest absolute Gasteiger partial charge is 0.164 e. The van der Waals surface area contributed by atoms with Gasteiger partial charge in [0.15, 0.2) is 5.78 Å². The van der Waals surface area contributed by atoms with Crippen molar-refractivity contribution in [3.8, 4) is 0 Å². The Kier molecular flexibility index (Phi) is 3.59. The molecule has 1 aromatic rings. The van der Waals surface area contributed by atoms with Crippen LogP contribution < -0.4 is 0 Å². The van der Waals surface area contributed by atoms with Crippen molar-refractivity contribution in [1.82, 2.24) is 0 Å². The van der Waals surface area contributed by atoms with Crippen LogP contribution in [0, 0.1) is 0 Å². The van der Waals surface area contributed by atoms with Crippen LogP contribution in [0.4, 0.5) is 5.00 Å². The van der Waals surface area contributed by atoms with Gasteiger partial charge in [-0.15, -0.1) is 11.3 Å². The second kappa shape index (κ2) is 4.72. The maximum absolute atomic E-state index is 11.0. The van der Waals surface area contributed by atoms with Crippen molar-refractivity contribution in [2.45, 2.75) is 13.8 Å². The Labute approximate surface area is 86.4 Å². The molecule has 0 saturated heterocycles. The van der Waals surface area contributed by atoms with E-state index in [1.165, 1.54) is 31.4 Å². The topological polar surface area (TPSA) is 49.7 Å². The van der Waals surface area contributed by atoms with E-state index in [-0.39, 0.29) is 17.1 Å². The molecule has 0 aliphatic carbocycles. The van der Waals surface area contributed by atoms with Gasteiger partial charge in [-0.25, -0.2) is 4.99 Å². The molecule has 4 heteroatoms. The lowest BCUT2D eigenvalue weighted by molar-refractivity contribution is -0.113. The van der Waals surface area contributed by atoms with Crippen LogP contribution in [0.5, 0.6) is 0 Å². The molecule has 1 aromatic heterocycles. The lowest BCUT2D eigenvalue weighted by Gasteiger charge is -1.96. The standard InChI is InChI=1S/C10H11NO2S/c1-7(12)9(8(2)13)6-11-10-4-3-5-14-10/h3-6,12H,1-2H3/b9-7+,11-6-. The zero-order valence-electron chi connectivity index (χ0n) is 8.02. The molecule has 0 atom stereocenters. The molecule has 1 N–H and O–H groups in total. The number of hydrogen-bond donors (Lipinski definition) is 1. The normalized spacial score (nSPS) is 13.0. The van der Waals surface area contributed by atoms with Gasteiger partial charge in [-0.1, -0.05) is 0 Å². The Morgan fingerprint density at radius 1 is 1.57 bits per heavy atom. The molecule has 0 bridgehead atoms. The fraction of sp³-hybridized carbons (Fsp3) is 0.200. The first kappa shape index (κ1) is 10.7. The Bertz CT molecular complexity index is 373. The van der Waals surface area contributed by atoms with Gasteiger partial charge in [-0.2, -0.15) is 0 Å². The molecule has 0 radical (unpaired) electrons. The summed E-state index contributed by atoms with van der Waals surface area (Å²) in [7, 11) is 0. The Morgan fingerprint density at radius 3 is 2.71 bits per heavy atom. The molecule has 74 valence electrons. The molecule has 1 heterocycles. The summed E-state index contributed by atoms with van der Waals surface area (Å²) in [5, 5.41) is 11.9. The molecular weight excluding hydrogens is 198 g/mol. The Hall–Kier alpha value is -1.42.